The molecule has 0 saturated carbocycles. The van der Waals surface area contributed by atoms with E-state index in [1.807, 2.05) is 6.08 Å². The Hall–Kier alpha value is -2.00. The maximum Gasteiger partial charge on any atom is 0.472 e. The number of allylic oxidation sites excluding steroid dienone is 5. The molecule has 64 heavy (non-hydrogen) atoms. The summed E-state index contributed by atoms with van der Waals surface area (Å²) in [5.74, 6) is -0.417. The summed E-state index contributed by atoms with van der Waals surface area (Å²) in [6.45, 7) is 3.79. The van der Waals surface area contributed by atoms with Crippen LogP contribution in [-0.2, 0) is 41.8 Å². The lowest BCUT2D eigenvalue weighted by molar-refractivity contribution is -0.161. The molecule has 15 nitrogen and oxygen atoms in total. The van der Waals surface area contributed by atoms with E-state index in [9.17, 15) is 38.9 Å². The van der Waals surface area contributed by atoms with Gasteiger partial charge in [-0.05, 0) is 44.4 Å². The van der Waals surface area contributed by atoms with Crippen molar-refractivity contribution in [3.8, 4) is 0 Å². The first-order chi connectivity index (χ1) is 30.6. The highest BCUT2D eigenvalue weighted by Crippen LogP contribution is 2.44. The van der Waals surface area contributed by atoms with Crippen molar-refractivity contribution < 1.29 is 71.8 Å². The number of aliphatic hydroxyl groups excluding tert-OH is 3. The highest BCUT2D eigenvalue weighted by molar-refractivity contribution is 7.47. The fourth-order valence-corrected chi connectivity index (χ4v) is 7.50. The Morgan fingerprint density at radius 3 is 1.67 bits per heavy atom. The molecule has 0 aliphatic heterocycles. The van der Waals surface area contributed by atoms with Gasteiger partial charge in [-0.3, -0.25) is 23.2 Å². The van der Waals surface area contributed by atoms with E-state index in [4.69, 9.17) is 23.8 Å². The highest BCUT2D eigenvalue weighted by atomic mass is 31.2. The molecule has 6 N–H and O–H groups in total. The summed E-state index contributed by atoms with van der Waals surface area (Å²) in [4.78, 5) is 52.8. The predicted molar refractivity (Wildman–Crippen MR) is 251 cm³/mol. The number of ether oxygens (including phenoxy) is 2. The number of esters is 2. The molecule has 6 atom stereocenters. The van der Waals surface area contributed by atoms with Gasteiger partial charge in [0.05, 0.1) is 32.0 Å². The van der Waals surface area contributed by atoms with Gasteiger partial charge < -0.3 is 39.5 Å². The first-order valence-corrected chi connectivity index (χ1v) is 27.0. The standard InChI is InChI=1S/C47H86O15P2/c1-4-6-7-8-20-25-31-42(48)32-26-22-23-27-33-43(49)34-29-36-47(52)62-45(40-61-64(56,57)60-38-44(50)37-59-63(53,54)55)39-58-46(51)35-28-21-18-16-14-12-10-9-11-13-15-17-19-24-30-41(3)5-2/h20,22-23,25-27,32-33,41-45,48-50H,4-19,21,24,28-31,34-40H2,1-3H3,(H,56,57)(H2,53,54,55)/b23-22+,25-20-,32-26+,33-27-/t41?,42-,43-,44-,45+/m0/s1. The maximum absolute atomic E-state index is 12.7. The van der Waals surface area contributed by atoms with Gasteiger partial charge in [0.1, 0.15) is 12.7 Å². The average Bonchev–Trinajstić information content (AvgIpc) is 3.25. The van der Waals surface area contributed by atoms with Gasteiger partial charge in [-0.1, -0.05) is 179 Å². The first-order valence-electron chi connectivity index (χ1n) is 23.9. The summed E-state index contributed by atoms with van der Waals surface area (Å²) in [5, 5.41) is 30.1. The number of rotatable bonds is 44. The summed E-state index contributed by atoms with van der Waals surface area (Å²) in [6, 6.07) is 0. The zero-order valence-corrected chi connectivity index (χ0v) is 41.1. The molecule has 0 fully saturated rings. The lowest BCUT2D eigenvalue weighted by Gasteiger charge is -2.20. The second-order valence-electron chi connectivity index (χ2n) is 16.7. The number of hydrogen-bond acceptors (Lipinski definition) is 12. The van der Waals surface area contributed by atoms with E-state index in [0.717, 1.165) is 38.0 Å². The van der Waals surface area contributed by atoms with E-state index in [-0.39, 0.29) is 25.7 Å². The third-order valence-electron chi connectivity index (χ3n) is 10.4. The summed E-state index contributed by atoms with van der Waals surface area (Å²) in [6.07, 6.45) is 34.4. The van der Waals surface area contributed by atoms with Crippen LogP contribution in [0.3, 0.4) is 0 Å². The van der Waals surface area contributed by atoms with Gasteiger partial charge in [0.25, 0.3) is 0 Å². The lowest BCUT2D eigenvalue weighted by Crippen LogP contribution is -2.30. The number of aliphatic hydroxyl groups is 3. The van der Waals surface area contributed by atoms with Crippen molar-refractivity contribution in [2.24, 2.45) is 5.92 Å². The summed E-state index contributed by atoms with van der Waals surface area (Å²) < 4.78 is 47.7. The van der Waals surface area contributed by atoms with Gasteiger partial charge in [0.15, 0.2) is 6.10 Å². The van der Waals surface area contributed by atoms with Gasteiger partial charge in [-0.2, -0.15) is 0 Å². The first kappa shape index (κ1) is 62.0. The molecule has 0 aromatic heterocycles. The molecule has 0 aromatic carbocycles. The Morgan fingerprint density at radius 1 is 0.562 bits per heavy atom. The minimum atomic E-state index is -4.90. The number of carbonyl (C=O) groups excluding carboxylic acids is 2. The molecule has 0 rings (SSSR count). The smallest absolute Gasteiger partial charge is 0.462 e. The van der Waals surface area contributed by atoms with E-state index in [1.165, 1.54) is 89.9 Å². The molecule has 0 heterocycles. The molecule has 374 valence electrons. The topological polar surface area (TPSA) is 236 Å². The van der Waals surface area contributed by atoms with E-state index >= 15 is 0 Å². The third kappa shape index (κ3) is 43.9. The molecule has 0 aromatic rings. The Bertz CT molecular complexity index is 1370. The van der Waals surface area contributed by atoms with Gasteiger partial charge in [-0.15, -0.1) is 0 Å². The number of phosphoric ester groups is 2. The third-order valence-corrected chi connectivity index (χ3v) is 11.9. The molecule has 0 aliphatic rings. The monoisotopic (exact) mass is 953 g/mol. The van der Waals surface area contributed by atoms with Crippen LogP contribution in [0.25, 0.3) is 0 Å². The SMILES string of the molecule is CCCCC/C=C\C[C@H](O)/C=C/C=C/C=C\[C@H](O)CCCC(=O)O[C@H](COC(=O)CCCCCCCCCCCCCCCCC(C)CC)COP(=O)(O)OC[C@@H](O)COP(=O)(O)O. The summed E-state index contributed by atoms with van der Waals surface area (Å²) >= 11 is 0. The average molecular weight is 953 g/mol. The fourth-order valence-electron chi connectivity index (χ4n) is 6.34. The number of unbranched alkanes of at least 4 members (excludes halogenated alkanes) is 16. The highest BCUT2D eigenvalue weighted by Gasteiger charge is 2.28. The molecular weight excluding hydrogens is 866 g/mol. The number of hydrogen-bond donors (Lipinski definition) is 6. The summed E-state index contributed by atoms with van der Waals surface area (Å²) in [7, 11) is -9.77. The van der Waals surface area contributed by atoms with Crippen LogP contribution in [0.4, 0.5) is 0 Å². The van der Waals surface area contributed by atoms with Crippen LogP contribution in [0.2, 0.25) is 0 Å². The van der Waals surface area contributed by atoms with Crippen molar-refractivity contribution in [1.29, 1.82) is 0 Å². The predicted octanol–water partition coefficient (Wildman–Crippen LogP) is 10.4. The normalized spacial score (nSPS) is 15.8. The van der Waals surface area contributed by atoms with Crippen molar-refractivity contribution in [2.45, 2.75) is 206 Å². The Kier molecular flexibility index (Phi) is 39.9. The molecule has 0 bridgehead atoms. The van der Waals surface area contributed by atoms with Gasteiger partial charge >= 0.3 is 27.6 Å². The van der Waals surface area contributed by atoms with Crippen molar-refractivity contribution in [1.82, 2.24) is 0 Å². The van der Waals surface area contributed by atoms with Crippen LogP contribution in [0.1, 0.15) is 181 Å². The zero-order valence-electron chi connectivity index (χ0n) is 39.3. The Morgan fingerprint density at radius 2 is 1.09 bits per heavy atom. The lowest BCUT2D eigenvalue weighted by atomic mass is 9.99. The molecular formula is C47H86O15P2. The van der Waals surface area contributed by atoms with Crippen molar-refractivity contribution in [2.75, 3.05) is 26.4 Å². The van der Waals surface area contributed by atoms with E-state index in [1.54, 1.807) is 36.5 Å². The van der Waals surface area contributed by atoms with Crippen LogP contribution in [0.5, 0.6) is 0 Å². The van der Waals surface area contributed by atoms with Crippen LogP contribution in [-0.4, -0.2) is 92.8 Å². The van der Waals surface area contributed by atoms with Crippen LogP contribution < -0.4 is 0 Å². The molecule has 2 unspecified atom stereocenters. The largest absolute Gasteiger partial charge is 0.472 e. The molecule has 0 saturated heterocycles. The van der Waals surface area contributed by atoms with Crippen molar-refractivity contribution >= 4 is 27.6 Å². The van der Waals surface area contributed by atoms with E-state index < -0.39 is 78.4 Å². The zero-order chi connectivity index (χ0) is 47.7. The molecule has 0 aliphatic carbocycles. The minimum absolute atomic E-state index is 0.128. The second kappa shape index (κ2) is 41.2. The summed E-state index contributed by atoms with van der Waals surface area (Å²) in [5.41, 5.74) is 0. The molecule has 0 amide bonds. The van der Waals surface area contributed by atoms with Gasteiger partial charge in [0.2, 0.25) is 0 Å². The van der Waals surface area contributed by atoms with E-state index in [0.29, 0.717) is 12.8 Å². The fraction of sp³-hybridized carbons (Fsp3) is 0.787. The number of phosphoric acid groups is 2. The van der Waals surface area contributed by atoms with Gasteiger partial charge in [-0.25, -0.2) is 9.13 Å². The van der Waals surface area contributed by atoms with E-state index in [2.05, 4.69) is 35.9 Å². The minimum Gasteiger partial charge on any atom is -0.462 e. The Labute approximate surface area is 385 Å². The van der Waals surface area contributed by atoms with Crippen molar-refractivity contribution in [3.63, 3.8) is 0 Å². The molecule has 0 spiro atoms. The molecule has 17 heteroatoms. The van der Waals surface area contributed by atoms with Crippen molar-refractivity contribution in [3.05, 3.63) is 48.6 Å². The second-order valence-corrected chi connectivity index (χ2v) is 19.4. The maximum atomic E-state index is 12.7. The van der Waals surface area contributed by atoms with Crippen LogP contribution >= 0.6 is 15.6 Å². The quantitative estimate of drug-likeness (QED) is 0.0110. The Balaban J connectivity index is 4.69. The number of carbonyl (C=O) groups is 2. The van der Waals surface area contributed by atoms with Crippen LogP contribution in [0.15, 0.2) is 48.6 Å². The van der Waals surface area contributed by atoms with Gasteiger partial charge in [0, 0.05) is 12.8 Å². The van der Waals surface area contributed by atoms with Crippen LogP contribution in [0, 0.1) is 5.92 Å². The molecule has 0 radical (unpaired) electrons.